The lowest BCUT2D eigenvalue weighted by Gasteiger charge is -2.30. The van der Waals surface area contributed by atoms with Crippen LogP contribution in [0.15, 0.2) is 24.3 Å². The molecule has 1 aliphatic carbocycles. The van der Waals surface area contributed by atoms with Crippen molar-refractivity contribution >= 4 is 29.4 Å². The molecule has 1 aliphatic heterocycles. The summed E-state index contributed by atoms with van der Waals surface area (Å²) >= 11 is 0. The second-order valence-electron chi connectivity index (χ2n) is 7.15. The van der Waals surface area contributed by atoms with Gasteiger partial charge in [-0.05, 0) is 44.0 Å². The maximum atomic E-state index is 12.7. The molecule has 3 amide bonds. The van der Waals surface area contributed by atoms with Gasteiger partial charge in [0.1, 0.15) is 6.54 Å². The van der Waals surface area contributed by atoms with Gasteiger partial charge in [-0.15, -0.1) is 0 Å². The van der Waals surface area contributed by atoms with Gasteiger partial charge in [0, 0.05) is 12.1 Å². The summed E-state index contributed by atoms with van der Waals surface area (Å²) in [5.41, 5.74) is 0.287. The first-order valence-corrected chi connectivity index (χ1v) is 9.37. The summed E-state index contributed by atoms with van der Waals surface area (Å²) in [6, 6.07) is 6.27. The van der Waals surface area contributed by atoms with Crippen LogP contribution in [0.25, 0.3) is 0 Å². The number of imide groups is 1. The number of rotatable bonds is 5. The van der Waals surface area contributed by atoms with Crippen LogP contribution >= 0.6 is 0 Å². The van der Waals surface area contributed by atoms with Gasteiger partial charge in [-0.1, -0.05) is 19.3 Å². The molecular formula is C20H24N2O5. The molecule has 1 N–H and O–H groups in total. The van der Waals surface area contributed by atoms with Gasteiger partial charge in [0.15, 0.2) is 0 Å². The van der Waals surface area contributed by atoms with E-state index in [9.17, 15) is 19.2 Å². The summed E-state index contributed by atoms with van der Waals surface area (Å²) < 4.78 is 4.91. The predicted molar refractivity (Wildman–Crippen MR) is 97.9 cm³/mol. The third kappa shape index (κ3) is 4.02. The maximum absolute atomic E-state index is 12.7. The van der Waals surface area contributed by atoms with Crippen molar-refractivity contribution in [2.45, 2.75) is 45.4 Å². The summed E-state index contributed by atoms with van der Waals surface area (Å²) in [6.45, 7) is 1.74. The van der Waals surface area contributed by atoms with Crippen LogP contribution in [0.1, 0.15) is 55.8 Å². The first-order chi connectivity index (χ1) is 12.9. The molecule has 0 unspecified atom stereocenters. The summed E-state index contributed by atoms with van der Waals surface area (Å²) in [4.78, 5) is 50.1. The fraction of sp³-hybridized carbons (Fsp3) is 0.500. The summed E-state index contributed by atoms with van der Waals surface area (Å²) in [7, 11) is 0. The molecule has 7 heteroatoms. The number of nitrogens with one attached hydrogen (secondary N) is 1. The largest absolute Gasteiger partial charge is 0.462 e. The molecule has 1 spiro atoms. The molecule has 2 aliphatic rings. The minimum Gasteiger partial charge on any atom is -0.462 e. The Labute approximate surface area is 158 Å². The highest BCUT2D eigenvalue weighted by Gasteiger charge is 2.51. The highest BCUT2D eigenvalue weighted by atomic mass is 16.5. The van der Waals surface area contributed by atoms with E-state index in [2.05, 4.69) is 5.32 Å². The van der Waals surface area contributed by atoms with Crippen molar-refractivity contribution < 1.29 is 23.9 Å². The number of hydrogen-bond donors (Lipinski definition) is 1. The summed E-state index contributed by atoms with van der Waals surface area (Å²) in [5.74, 6) is -1.34. The highest BCUT2D eigenvalue weighted by Crippen LogP contribution is 2.45. The molecule has 1 saturated heterocycles. The Balaban J connectivity index is 1.60. The molecule has 27 heavy (non-hydrogen) atoms. The number of esters is 1. The molecule has 3 rings (SSSR count). The van der Waals surface area contributed by atoms with Crippen LogP contribution in [0.4, 0.5) is 5.69 Å². The zero-order valence-corrected chi connectivity index (χ0v) is 15.5. The number of benzene rings is 1. The van der Waals surface area contributed by atoms with Gasteiger partial charge in [-0.2, -0.15) is 0 Å². The molecule has 2 fully saturated rings. The molecule has 1 heterocycles. The lowest BCUT2D eigenvalue weighted by molar-refractivity contribution is -0.144. The third-order valence-electron chi connectivity index (χ3n) is 5.28. The second kappa shape index (κ2) is 7.90. The van der Waals surface area contributed by atoms with Crippen LogP contribution in [0, 0.1) is 5.41 Å². The van der Waals surface area contributed by atoms with E-state index in [1.807, 2.05) is 0 Å². The smallest absolute Gasteiger partial charge is 0.338 e. The van der Waals surface area contributed by atoms with Gasteiger partial charge in [-0.25, -0.2) is 4.79 Å². The van der Waals surface area contributed by atoms with Gasteiger partial charge >= 0.3 is 5.97 Å². The lowest BCUT2D eigenvalue weighted by Crippen LogP contribution is -2.41. The Bertz CT molecular complexity index is 750. The molecule has 0 bridgehead atoms. The normalized spacial score (nSPS) is 18.6. The average molecular weight is 372 g/mol. The summed E-state index contributed by atoms with van der Waals surface area (Å²) in [6.07, 6.45) is 4.66. The molecule has 1 aromatic carbocycles. The number of amides is 3. The standard InChI is InChI=1S/C20H24N2O5/c1-2-27-18(25)14-6-8-15(9-7-14)21-16(23)13-22-17(24)12-20(19(22)26)10-4-3-5-11-20/h6-9H,2-5,10-13H2,1H3,(H,21,23). The second-order valence-corrected chi connectivity index (χ2v) is 7.15. The van der Waals surface area contributed by atoms with Crippen LogP contribution in [-0.2, 0) is 19.1 Å². The average Bonchev–Trinajstić information content (AvgIpc) is 2.87. The maximum Gasteiger partial charge on any atom is 0.338 e. The van der Waals surface area contributed by atoms with Crippen molar-refractivity contribution in [3.63, 3.8) is 0 Å². The topological polar surface area (TPSA) is 92.8 Å². The van der Waals surface area contributed by atoms with Crippen LogP contribution in [-0.4, -0.2) is 41.7 Å². The van der Waals surface area contributed by atoms with Gasteiger partial charge in [-0.3, -0.25) is 19.3 Å². The Kier molecular flexibility index (Phi) is 5.58. The lowest BCUT2D eigenvalue weighted by atomic mass is 9.73. The highest BCUT2D eigenvalue weighted by molar-refractivity contribution is 6.09. The van der Waals surface area contributed by atoms with Crippen LogP contribution < -0.4 is 5.32 Å². The Morgan fingerprint density at radius 2 is 1.78 bits per heavy atom. The van der Waals surface area contributed by atoms with E-state index in [-0.39, 0.29) is 31.4 Å². The number of anilines is 1. The van der Waals surface area contributed by atoms with E-state index >= 15 is 0 Å². The van der Waals surface area contributed by atoms with E-state index in [0.717, 1.165) is 37.0 Å². The fourth-order valence-corrected chi connectivity index (χ4v) is 3.89. The molecule has 0 aromatic heterocycles. The first-order valence-electron chi connectivity index (χ1n) is 9.37. The van der Waals surface area contributed by atoms with E-state index in [4.69, 9.17) is 4.74 Å². The number of nitrogens with zero attached hydrogens (tertiary/aromatic N) is 1. The van der Waals surface area contributed by atoms with Crippen molar-refractivity contribution in [3.8, 4) is 0 Å². The van der Waals surface area contributed by atoms with Crippen LogP contribution in [0.3, 0.4) is 0 Å². The van der Waals surface area contributed by atoms with Crippen LogP contribution in [0.5, 0.6) is 0 Å². The van der Waals surface area contributed by atoms with Crippen molar-refractivity contribution in [2.24, 2.45) is 5.41 Å². The molecule has 0 radical (unpaired) electrons. The molecule has 7 nitrogen and oxygen atoms in total. The fourth-order valence-electron chi connectivity index (χ4n) is 3.89. The monoisotopic (exact) mass is 372 g/mol. The van der Waals surface area contributed by atoms with Gasteiger partial charge in [0.05, 0.1) is 17.6 Å². The van der Waals surface area contributed by atoms with Crippen molar-refractivity contribution in [1.82, 2.24) is 4.90 Å². The number of ether oxygens (including phenoxy) is 1. The van der Waals surface area contributed by atoms with Gasteiger partial charge in [0.2, 0.25) is 17.7 Å². The van der Waals surface area contributed by atoms with E-state index in [1.165, 1.54) is 0 Å². The SMILES string of the molecule is CCOC(=O)c1ccc(NC(=O)CN2C(=O)CC3(CCCCC3)C2=O)cc1. The molecular weight excluding hydrogens is 348 g/mol. The zero-order valence-electron chi connectivity index (χ0n) is 15.5. The molecule has 144 valence electrons. The van der Waals surface area contributed by atoms with Crippen molar-refractivity contribution in [2.75, 3.05) is 18.5 Å². The third-order valence-corrected chi connectivity index (χ3v) is 5.28. The number of carbonyl (C=O) groups is 4. The van der Waals surface area contributed by atoms with E-state index < -0.39 is 17.3 Å². The van der Waals surface area contributed by atoms with Crippen molar-refractivity contribution in [3.05, 3.63) is 29.8 Å². The first kappa shape index (κ1) is 19.1. The Morgan fingerprint density at radius 1 is 1.11 bits per heavy atom. The zero-order chi connectivity index (χ0) is 19.4. The minimum atomic E-state index is -0.586. The number of carbonyl (C=O) groups excluding carboxylic acids is 4. The molecule has 1 aromatic rings. The van der Waals surface area contributed by atoms with Crippen LogP contribution in [0.2, 0.25) is 0 Å². The van der Waals surface area contributed by atoms with E-state index in [1.54, 1.807) is 31.2 Å². The summed E-state index contributed by atoms with van der Waals surface area (Å²) in [5, 5.41) is 2.66. The van der Waals surface area contributed by atoms with Gasteiger partial charge < -0.3 is 10.1 Å². The number of likely N-dealkylation sites (tertiary alicyclic amines) is 1. The Morgan fingerprint density at radius 3 is 2.41 bits per heavy atom. The molecule has 1 saturated carbocycles. The predicted octanol–water partition coefficient (Wildman–Crippen LogP) is 2.51. The molecule has 0 atom stereocenters. The Hall–Kier alpha value is -2.70. The van der Waals surface area contributed by atoms with Gasteiger partial charge in [0.25, 0.3) is 0 Å². The van der Waals surface area contributed by atoms with E-state index in [0.29, 0.717) is 11.3 Å². The van der Waals surface area contributed by atoms with Crippen molar-refractivity contribution in [1.29, 1.82) is 0 Å². The quantitative estimate of drug-likeness (QED) is 0.633. The minimum absolute atomic E-state index is 0.208. The number of hydrogen-bond acceptors (Lipinski definition) is 5.